The molecule has 15 heavy (non-hydrogen) atoms. The summed E-state index contributed by atoms with van der Waals surface area (Å²) in [6.45, 7) is 6.15. The third kappa shape index (κ3) is 4.21. The third-order valence-electron chi connectivity index (χ3n) is 1.67. The lowest BCUT2D eigenvalue weighted by atomic mass is 10.4. The number of hydrogen-bond donors (Lipinski definition) is 2. The van der Waals surface area contributed by atoms with Gasteiger partial charge in [0.2, 0.25) is 0 Å². The second kappa shape index (κ2) is 5.74. The third-order valence-corrected chi connectivity index (χ3v) is 1.67. The van der Waals surface area contributed by atoms with Crippen LogP contribution < -0.4 is 10.6 Å². The van der Waals surface area contributed by atoms with Crippen molar-refractivity contribution in [1.29, 1.82) is 0 Å². The molecule has 0 atom stereocenters. The van der Waals surface area contributed by atoms with Gasteiger partial charge in [-0.25, -0.2) is 14.8 Å². The molecule has 5 heteroatoms. The zero-order chi connectivity index (χ0) is 11.1. The zero-order valence-corrected chi connectivity index (χ0v) is 8.66. The van der Waals surface area contributed by atoms with Crippen LogP contribution in [0.2, 0.25) is 0 Å². The Hall–Kier alpha value is -1.91. The fourth-order valence-electron chi connectivity index (χ4n) is 1.00. The van der Waals surface area contributed by atoms with Gasteiger partial charge >= 0.3 is 6.03 Å². The van der Waals surface area contributed by atoms with Crippen molar-refractivity contribution < 1.29 is 4.79 Å². The predicted molar refractivity (Wildman–Crippen MR) is 57.2 cm³/mol. The molecule has 0 bridgehead atoms. The monoisotopic (exact) mass is 206 g/mol. The van der Waals surface area contributed by atoms with Crippen LogP contribution in [0.4, 0.5) is 4.79 Å². The topological polar surface area (TPSA) is 66.9 Å². The summed E-state index contributed by atoms with van der Waals surface area (Å²) in [4.78, 5) is 19.3. The Balaban J connectivity index is 2.36. The average molecular weight is 206 g/mol. The van der Waals surface area contributed by atoms with E-state index < -0.39 is 0 Å². The number of rotatable bonds is 4. The Morgan fingerprint density at radius 1 is 1.60 bits per heavy atom. The van der Waals surface area contributed by atoms with Crippen molar-refractivity contribution >= 4 is 6.03 Å². The summed E-state index contributed by atoms with van der Waals surface area (Å²) in [6.07, 6.45) is 3.29. The van der Waals surface area contributed by atoms with Crippen LogP contribution in [0, 0.1) is 6.92 Å². The number of carbonyl (C=O) groups excluding carboxylic acids is 1. The molecule has 80 valence electrons. The fourth-order valence-corrected chi connectivity index (χ4v) is 1.00. The molecular formula is C10H14N4O. The van der Waals surface area contributed by atoms with Crippen LogP contribution in [0.15, 0.2) is 24.9 Å². The number of aromatic nitrogens is 2. The number of amides is 2. The molecule has 0 saturated heterocycles. The highest BCUT2D eigenvalue weighted by Gasteiger charge is 1.99. The second-order valence-corrected chi connectivity index (χ2v) is 2.95. The SMILES string of the molecule is C=CCNC(=O)NCc1ccnc(C)n1. The molecule has 0 fully saturated rings. The van der Waals surface area contributed by atoms with E-state index in [1.54, 1.807) is 25.3 Å². The first-order valence-corrected chi connectivity index (χ1v) is 4.63. The Bertz CT molecular complexity index is 351. The van der Waals surface area contributed by atoms with E-state index in [0.29, 0.717) is 18.9 Å². The first-order chi connectivity index (χ1) is 7.22. The van der Waals surface area contributed by atoms with Gasteiger partial charge in [-0.05, 0) is 13.0 Å². The van der Waals surface area contributed by atoms with Gasteiger partial charge in [-0.2, -0.15) is 0 Å². The highest BCUT2D eigenvalue weighted by atomic mass is 16.2. The van der Waals surface area contributed by atoms with E-state index in [4.69, 9.17) is 0 Å². The van der Waals surface area contributed by atoms with Gasteiger partial charge in [0.15, 0.2) is 0 Å². The van der Waals surface area contributed by atoms with Gasteiger partial charge in [0.1, 0.15) is 5.82 Å². The minimum Gasteiger partial charge on any atom is -0.335 e. The molecule has 2 N–H and O–H groups in total. The van der Waals surface area contributed by atoms with Crippen LogP contribution in [0.25, 0.3) is 0 Å². The molecule has 0 radical (unpaired) electrons. The van der Waals surface area contributed by atoms with Gasteiger partial charge in [-0.1, -0.05) is 6.08 Å². The lowest BCUT2D eigenvalue weighted by Crippen LogP contribution is -2.35. The highest BCUT2D eigenvalue weighted by Crippen LogP contribution is 1.93. The van der Waals surface area contributed by atoms with Crippen LogP contribution in [-0.2, 0) is 6.54 Å². The number of nitrogens with one attached hydrogen (secondary N) is 2. The molecular weight excluding hydrogens is 192 g/mol. The molecule has 0 aliphatic heterocycles. The second-order valence-electron chi connectivity index (χ2n) is 2.95. The minimum atomic E-state index is -0.230. The molecule has 0 aromatic carbocycles. The Morgan fingerprint density at radius 2 is 2.40 bits per heavy atom. The molecule has 0 unspecified atom stereocenters. The summed E-state index contributed by atoms with van der Waals surface area (Å²) >= 11 is 0. The van der Waals surface area contributed by atoms with Crippen LogP contribution in [0.5, 0.6) is 0 Å². The molecule has 0 aliphatic rings. The van der Waals surface area contributed by atoms with Crippen LogP contribution in [0.1, 0.15) is 11.5 Å². The van der Waals surface area contributed by atoms with Gasteiger partial charge in [-0.15, -0.1) is 6.58 Å². The first-order valence-electron chi connectivity index (χ1n) is 4.63. The number of nitrogens with zero attached hydrogens (tertiary/aromatic N) is 2. The fraction of sp³-hybridized carbons (Fsp3) is 0.300. The molecule has 1 heterocycles. The summed E-state index contributed by atoms with van der Waals surface area (Å²) in [6, 6.07) is 1.53. The van der Waals surface area contributed by atoms with E-state index >= 15 is 0 Å². The van der Waals surface area contributed by atoms with E-state index in [9.17, 15) is 4.79 Å². The number of carbonyl (C=O) groups is 1. The lowest BCUT2D eigenvalue weighted by Gasteiger charge is -2.05. The van der Waals surface area contributed by atoms with Crippen molar-refractivity contribution in [1.82, 2.24) is 20.6 Å². The van der Waals surface area contributed by atoms with Crippen LogP contribution >= 0.6 is 0 Å². The maximum Gasteiger partial charge on any atom is 0.315 e. The molecule has 5 nitrogen and oxygen atoms in total. The maximum atomic E-state index is 11.1. The van der Waals surface area contributed by atoms with E-state index in [1.807, 2.05) is 0 Å². The summed E-state index contributed by atoms with van der Waals surface area (Å²) in [5.74, 6) is 0.695. The smallest absolute Gasteiger partial charge is 0.315 e. The van der Waals surface area contributed by atoms with Crippen molar-refractivity contribution in [2.75, 3.05) is 6.54 Å². The summed E-state index contributed by atoms with van der Waals surface area (Å²) < 4.78 is 0. The van der Waals surface area contributed by atoms with E-state index in [-0.39, 0.29) is 6.03 Å². The standard InChI is InChI=1S/C10H14N4O/c1-3-5-12-10(15)13-7-9-4-6-11-8(2)14-9/h3-4,6H,1,5,7H2,2H3,(H2,12,13,15). The maximum absolute atomic E-state index is 11.1. The van der Waals surface area contributed by atoms with Gasteiger partial charge in [-0.3, -0.25) is 0 Å². The quantitative estimate of drug-likeness (QED) is 0.715. The van der Waals surface area contributed by atoms with Gasteiger partial charge < -0.3 is 10.6 Å². The van der Waals surface area contributed by atoms with Crippen molar-refractivity contribution in [2.24, 2.45) is 0 Å². The number of urea groups is 1. The molecule has 0 aliphatic carbocycles. The Kier molecular flexibility index (Phi) is 4.28. The van der Waals surface area contributed by atoms with Crippen LogP contribution in [-0.4, -0.2) is 22.5 Å². The average Bonchev–Trinajstić information content (AvgIpc) is 2.23. The van der Waals surface area contributed by atoms with E-state index in [1.165, 1.54) is 0 Å². The Morgan fingerprint density at radius 3 is 3.07 bits per heavy atom. The normalized spacial score (nSPS) is 9.40. The summed E-state index contributed by atoms with van der Waals surface area (Å²) in [5.41, 5.74) is 0.788. The molecule has 0 spiro atoms. The van der Waals surface area contributed by atoms with Crippen molar-refractivity contribution in [2.45, 2.75) is 13.5 Å². The van der Waals surface area contributed by atoms with Crippen molar-refractivity contribution in [3.05, 3.63) is 36.4 Å². The van der Waals surface area contributed by atoms with Gasteiger partial charge in [0.05, 0.1) is 12.2 Å². The van der Waals surface area contributed by atoms with Crippen LogP contribution in [0.3, 0.4) is 0 Å². The molecule has 1 aromatic rings. The number of aryl methyl sites for hydroxylation is 1. The van der Waals surface area contributed by atoms with Gasteiger partial charge in [0, 0.05) is 12.7 Å². The largest absolute Gasteiger partial charge is 0.335 e. The summed E-state index contributed by atoms with van der Waals surface area (Å²) in [7, 11) is 0. The van der Waals surface area contributed by atoms with E-state index in [2.05, 4.69) is 27.2 Å². The lowest BCUT2D eigenvalue weighted by molar-refractivity contribution is 0.241. The molecule has 1 aromatic heterocycles. The molecule has 2 amide bonds. The van der Waals surface area contributed by atoms with Gasteiger partial charge in [0.25, 0.3) is 0 Å². The number of hydrogen-bond acceptors (Lipinski definition) is 3. The molecule has 0 saturated carbocycles. The predicted octanol–water partition coefficient (Wildman–Crippen LogP) is 0.770. The first kappa shape index (κ1) is 11.2. The Labute approximate surface area is 88.6 Å². The van der Waals surface area contributed by atoms with E-state index in [0.717, 1.165) is 5.69 Å². The minimum absolute atomic E-state index is 0.230. The highest BCUT2D eigenvalue weighted by molar-refractivity contribution is 5.73. The summed E-state index contributed by atoms with van der Waals surface area (Å²) in [5, 5.41) is 5.28. The molecule has 1 rings (SSSR count). The zero-order valence-electron chi connectivity index (χ0n) is 8.66. The van der Waals surface area contributed by atoms with Crippen molar-refractivity contribution in [3.8, 4) is 0 Å². The van der Waals surface area contributed by atoms with Crippen molar-refractivity contribution in [3.63, 3.8) is 0 Å².